The fourth-order valence-electron chi connectivity index (χ4n) is 2.20. The van der Waals surface area contributed by atoms with Crippen molar-refractivity contribution < 1.29 is 42.3 Å². The van der Waals surface area contributed by atoms with Gasteiger partial charge in [-0.1, -0.05) is 0 Å². The average molecular weight is 515 g/mol. The summed E-state index contributed by atoms with van der Waals surface area (Å²) in [5.41, 5.74) is 6.38. The van der Waals surface area contributed by atoms with Gasteiger partial charge in [0.2, 0.25) is 22.0 Å². The van der Waals surface area contributed by atoms with Crippen molar-refractivity contribution in [3.8, 4) is 12.8 Å². The van der Waals surface area contributed by atoms with Crippen molar-refractivity contribution in [1.82, 2.24) is 19.7 Å². The van der Waals surface area contributed by atoms with Crippen LogP contribution in [0.3, 0.4) is 0 Å². The number of carbonyl (C=O) groups is 2. The van der Waals surface area contributed by atoms with Crippen molar-refractivity contribution >= 4 is 37.5 Å². The third kappa shape index (κ3) is 11.6. The van der Waals surface area contributed by atoms with Crippen molar-refractivity contribution in [2.45, 2.75) is 46.4 Å². The maximum Gasteiger partial charge on any atom is 0.510 e. The third-order valence-corrected chi connectivity index (χ3v) is 4.70. The lowest BCUT2D eigenvalue weighted by Crippen LogP contribution is -2.16. The molecule has 0 saturated carbocycles. The smallest absolute Gasteiger partial charge is 0.432 e. The van der Waals surface area contributed by atoms with E-state index in [-0.39, 0.29) is 25.2 Å². The molecule has 0 atom stereocenters. The molecule has 35 heavy (non-hydrogen) atoms. The molecule has 0 spiro atoms. The summed E-state index contributed by atoms with van der Waals surface area (Å²) in [7, 11) is -1.73. The number of fused-ring (bicyclic) bond motifs is 1. The van der Waals surface area contributed by atoms with Crippen molar-refractivity contribution in [2.24, 2.45) is 0 Å². The van der Waals surface area contributed by atoms with Crippen LogP contribution in [0.2, 0.25) is 0 Å². The van der Waals surface area contributed by atoms with Crippen LogP contribution in [0, 0.1) is 12.8 Å². The zero-order chi connectivity index (χ0) is 26.2. The Hall–Kier alpha value is -3.24. The van der Waals surface area contributed by atoms with E-state index < -0.39 is 34.3 Å². The Balaban J connectivity index is 0.00000298. The van der Waals surface area contributed by atoms with Crippen LogP contribution in [0.5, 0.6) is 0 Å². The van der Waals surface area contributed by atoms with E-state index in [0.29, 0.717) is 23.4 Å². The van der Waals surface area contributed by atoms with Crippen molar-refractivity contribution in [3.05, 3.63) is 12.5 Å². The minimum absolute atomic E-state index is 0.00314. The zero-order valence-electron chi connectivity index (χ0n) is 20.0. The highest BCUT2D eigenvalue weighted by Crippen LogP contribution is 2.38. The summed E-state index contributed by atoms with van der Waals surface area (Å²) in [6, 6.07) is 0. The van der Waals surface area contributed by atoms with Gasteiger partial charge in [0.15, 0.2) is 5.65 Å². The molecule has 0 saturated heterocycles. The molecule has 0 aromatic carbocycles. The summed E-state index contributed by atoms with van der Waals surface area (Å²) >= 11 is 0. The molecular weight excluding hydrogens is 485 g/mol. The van der Waals surface area contributed by atoms with Crippen molar-refractivity contribution in [2.75, 3.05) is 32.3 Å². The predicted octanol–water partition coefficient (Wildman–Crippen LogP) is 3.02. The molecule has 2 aromatic rings. The molecule has 2 heterocycles. The first kappa shape index (κ1) is 29.8. The average Bonchev–Trinajstić information content (AvgIpc) is 3.21. The van der Waals surface area contributed by atoms with Crippen LogP contribution in [-0.4, -0.2) is 70.8 Å². The zero-order valence-corrected chi connectivity index (χ0v) is 20.9. The Kier molecular flexibility index (Phi) is 14.0. The summed E-state index contributed by atoms with van der Waals surface area (Å²) in [6.07, 6.45) is 8.48. The lowest BCUT2D eigenvalue weighted by molar-refractivity contribution is -0.0267. The molecule has 2 aromatic heterocycles. The van der Waals surface area contributed by atoms with Crippen LogP contribution in [0.25, 0.3) is 11.0 Å². The lowest BCUT2D eigenvalue weighted by Gasteiger charge is -2.18. The van der Waals surface area contributed by atoms with Gasteiger partial charge in [-0.05, 0) is 27.7 Å². The number of anilines is 1. The van der Waals surface area contributed by atoms with E-state index in [2.05, 4.69) is 27.9 Å². The predicted molar refractivity (Wildman–Crippen MR) is 125 cm³/mol. The van der Waals surface area contributed by atoms with Gasteiger partial charge in [0.1, 0.15) is 18.5 Å². The van der Waals surface area contributed by atoms with Gasteiger partial charge in [-0.15, -0.1) is 12.8 Å². The Morgan fingerprint density at radius 1 is 1.03 bits per heavy atom. The Morgan fingerprint density at radius 3 is 2.14 bits per heavy atom. The first-order valence-electron chi connectivity index (χ1n) is 10.3. The third-order valence-electron chi connectivity index (χ3n) is 3.52. The lowest BCUT2D eigenvalue weighted by atomic mass is 10.4. The topological polar surface area (TPSA) is 168 Å². The second-order valence-corrected chi connectivity index (χ2v) is 8.29. The number of aromatic nitrogens is 4. The van der Waals surface area contributed by atoms with Crippen LogP contribution in [0.4, 0.5) is 15.4 Å². The standard InChI is InChI=1S/C18H28N5O9P.C2H2/c1-12(2)31-17(24)27-9-29-33(30-10-28-18(25)32-13(3)4)11-26-6-5-23-16-14(7-22-23)15(19)20-8-21-16;1-2/h7-8,12-13H,5-6,9-11H2,1-4H3,(H2,19,20,21);1-2H. The van der Waals surface area contributed by atoms with Crippen LogP contribution in [0.1, 0.15) is 27.7 Å². The number of rotatable bonds is 13. The largest absolute Gasteiger partial charge is 0.510 e. The molecule has 2 N–H and O–H groups in total. The highest BCUT2D eigenvalue weighted by Gasteiger charge is 2.16. The highest BCUT2D eigenvalue weighted by atomic mass is 31.2. The molecule has 0 unspecified atom stereocenters. The summed E-state index contributed by atoms with van der Waals surface area (Å²) < 4.78 is 37.3. The fraction of sp³-hybridized carbons (Fsp3) is 0.550. The molecule has 15 heteroatoms. The number of nitrogens with two attached hydrogens (primary N) is 1. The first-order chi connectivity index (χ1) is 16.8. The molecule has 0 aliphatic rings. The van der Waals surface area contributed by atoms with E-state index in [9.17, 15) is 9.59 Å². The number of terminal acetylenes is 1. The van der Waals surface area contributed by atoms with Gasteiger partial charge in [-0.2, -0.15) is 5.10 Å². The Labute approximate surface area is 204 Å². The minimum atomic E-state index is -1.73. The molecular formula is C20H30N5O9P. The number of nitrogens with zero attached hydrogens (tertiary/aromatic N) is 4. The summed E-state index contributed by atoms with van der Waals surface area (Å²) in [5.74, 6) is 0.337. The highest BCUT2D eigenvalue weighted by molar-refractivity contribution is 7.47. The number of ether oxygens (including phenoxy) is 5. The fourth-order valence-corrected chi connectivity index (χ4v) is 3.04. The number of carbonyl (C=O) groups excluding carboxylic acids is 2. The van der Waals surface area contributed by atoms with Crippen LogP contribution >= 0.6 is 8.38 Å². The van der Waals surface area contributed by atoms with E-state index in [0.717, 1.165) is 0 Å². The quantitative estimate of drug-likeness (QED) is 0.136. The molecule has 0 amide bonds. The van der Waals surface area contributed by atoms with Gasteiger partial charge < -0.3 is 29.4 Å². The summed E-state index contributed by atoms with van der Waals surface area (Å²) in [5, 5.41) is 4.85. The molecule has 0 bridgehead atoms. The molecule has 0 fully saturated rings. The van der Waals surface area contributed by atoms with E-state index in [1.165, 1.54) is 6.33 Å². The van der Waals surface area contributed by atoms with E-state index in [4.69, 9.17) is 38.5 Å². The van der Waals surface area contributed by atoms with Gasteiger partial charge in [0, 0.05) is 0 Å². The van der Waals surface area contributed by atoms with Gasteiger partial charge >= 0.3 is 12.3 Å². The number of hydrogen-bond donors (Lipinski definition) is 1. The van der Waals surface area contributed by atoms with Gasteiger partial charge in [-0.25, -0.2) is 24.2 Å². The molecule has 14 nitrogen and oxygen atoms in total. The maximum absolute atomic E-state index is 11.5. The SMILES string of the molecule is C#C.CC(C)OC(=O)OCOP(COCCn1ncc2c(N)ncnc21)OCOC(=O)OC(C)C. The maximum atomic E-state index is 11.5. The van der Waals surface area contributed by atoms with Gasteiger partial charge in [0.25, 0.3) is 0 Å². The van der Waals surface area contributed by atoms with Crippen molar-refractivity contribution in [3.63, 3.8) is 0 Å². The molecule has 194 valence electrons. The Morgan fingerprint density at radius 2 is 1.60 bits per heavy atom. The van der Waals surface area contributed by atoms with Crippen molar-refractivity contribution in [1.29, 1.82) is 0 Å². The van der Waals surface area contributed by atoms with Crippen LogP contribution in [-0.2, 0) is 39.3 Å². The van der Waals surface area contributed by atoms with E-state index in [1.807, 2.05) is 0 Å². The number of nitrogen functional groups attached to an aromatic ring is 1. The van der Waals surface area contributed by atoms with E-state index >= 15 is 0 Å². The van der Waals surface area contributed by atoms with Crippen LogP contribution < -0.4 is 5.73 Å². The summed E-state index contributed by atoms with van der Waals surface area (Å²) in [6.45, 7) is 6.47. The molecule has 0 aliphatic heterocycles. The summed E-state index contributed by atoms with van der Waals surface area (Å²) in [4.78, 5) is 31.0. The normalized spacial score (nSPS) is 10.8. The Bertz CT molecular complexity index is 910. The first-order valence-corrected chi connectivity index (χ1v) is 11.7. The molecule has 0 aliphatic carbocycles. The monoisotopic (exact) mass is 515 g/mol. The second kappa shape index (κ2) is 16.4. The second-order valence-electron chi connectivity index (χ2n) is 6.85. The molecule has 0 radical (unpaired) electrons. The van der Waals surface area contributed by atoms with E-state index in [1.54, 1.807) is 38.6 Å². The molecule has 2 rings (SSSR count). The number of hydrogen-bond acceptors (Lipinski definition) is 13. The van der Waals surface area contributed by atoms with Gasteiger partial charge in [0.05, 0.1) is 36.9 Å². The van der Waals surface area contributed by atoms with Crippen LogP contribution in [0.15, 0.2) is 12.5 Å². The minimum Gasteiger partial charge on any atom is -0.432 e. The van der Waals surface area contributed by atoms with Gasteiger partial charge in [-0.3, -0.25) is 9.05 Å².